The number of hydrogen-bond acceptors (Lipinski definition) is 3. The van der Waals surface area contributed by atoms with Gasteiger partial charge >= 0.3 is 0 Å². The van der Waals surface area contributed by atoms with Crippen molar-refractivity contribution in [1.29, 1.82) is 0 Å². The fourth-order valence-corrected chi connectivity index (χ4v) is 2.15. The van der Waals surface area contributed by atoms with Crippen molar-refractivity contribution >= 4 is 6.29 Å². The first-order chi connectivity index (χ1) is 10.7. The van der Waals surface area contributed by atoms with Gasteiger partial charge in [-0.3, -0.25) is 4.79 Å². The zero-order chi connectivity index (χ0) is 15.8. The minimum atomic E-state index is 0.401. The quantitative estimate of drug-likeness (QED) is 0.533. The van der Waals surface area contributed by atoms with Gasteiger partial charge in [0.1, 0.15) is 24.7 Å². The molecule has 0 amide bonds. The van der Waals surface area contributed by atoms with Gasteiger partial charge in [-0.15, -0.1) is 0 Å². The number of carbonyl (C=O) groups excluding carboxylic acids is 1. The van der Waals surface area contributed by atoms with Crippen LogP contribution in [0.4, 0.5) is 0 Å². The monoisotopic (exact) mass is 298 g/mol. The van der Waals surface area contributed by atoms with Crippen LogP contribution in [0.5, 0.6) is 11.5 Å². The topological polar surface area (TPSA) is 35.5 Å². The van der Waals surface area contributed by atoms with E-state index >= 15 is 0 Å². The molecule has 2 aromatic carbocycles. The molecule has 0 unspecified atom stereocenters. The van der Waals surface area contributed by atoms with E-state index in [-0.39, 0.29) is 0 Å². The van der Waals surface area contributed by atoms with E-state index in [0.29, 0.717) is 30.4 Å². The maximum absolute atomic E-state index is 10.9. The van der Waals surface area contributed by atoms with Crippen LogP contribution in [0.15, 0.2) is 48.5 Å². The second-order valence-electron chi connectivity index (χ2n) is 5.23. The number of rotatable bonds is 8. The summed E-state index contributed by atoms with van der Waals surface area (Å²) in [5.41, 5.74) is 1.88. The molecule has 3 heteroatoms. The SMILES string of the molecule is CC[C@@H](C)c1ccc(OCCOc2ccccc2C=O)cc1. The molecule has 3 nitrogen and oxygen atoms in total. The van der Waals surface area contributed by atoms with Crippen molar-refractivity contribution in [3.8, 4) is 11.5 Å². The summed E-state index contributed by atoms with van der Waals surface area (Å²) in [5.74, 6) is 1.99. The Labute approximate surface area is 131 Å². The number of hydrogen-bond donors (Lipinski definition) is 0. The first kappa shape index (κ1) is 16.1. The van der Waals surface area contributed by atoms with E-state index in [1.54, 1.807) is 12.1 Å². The van der Waals surface area contributed by atoms with Crippen LogP contribution in [0.2, 0.25) is 0 Å². The van der Waals surface area contributed by atoms with Gasteiger partial charge in [-0.25, -0.2) is 0 Å². The molecule has 0 aliphatic carbocycles. The molecule has 0 heterocycles. The number of ether oxygens (including phenoxy) is 2. The Morgan fingerprint density at radius 2 is 1.68 bits per heavy atom. The number of para-hydroxylation sites is 1. The standard InChI is InChI=1S/C19H22O3/c1-3-15(2)16-8-10-18(11-9-16)21-12-13-22-19-7-5-4-6-17(19)14-20/h4-11,14-15H,3,12-13H2,1-2H3/t15-/m1/s1. The Kier molecular flexibility index (Phi) is 6.01. The lowest BCUT2D eigenvalue weighted by Crippen LogP contribution is -2.10. The van der Waals surface area contributed by atoms with Crippen LogP contribution in [0.1, 0.15) is 42.1 Å². The van der Waals surface area contributed by atoms with Gasteiger partial charge in [0.2, 0.25) is 0 Å². The van der Waals surface area contributed by atoms with Crippen molar-refractivity contribution in [3.63, 3.8) is 0 Å². The molecule has 0 aliphatic heterocycles. The Bertz CT molecular complexity index is 590. The Morgan fingerprint density at radius 1 is 1.00 bits per heavy atom. The molecule has 0 saturated carbocycles. The minimum absolute atomic E-state index is 0.401. The second kappa shape index (κ2) is 8.23. The highest BCUT2D eigenvalue weighted by Crippen LogP contribution is 2.21. The van der Waals surface area contributed by atoms with E-state index in [1.807, 2.05) is 24.3 Å². The van der Waals surface area contributed by atoms with Crippen molar-refractivity contribution in [2.45, 2.75) is 26.2 Å². The lowest BCUT2D eigenvalue weighted by Gasteiger charge is -2.12. The molecule has 2 aromatic rings. The summed E-state index contributed by atoms with van der Waals surface area (Å²) < 4.78 is 11.2. The fourth-order valence-electron chi connectivity index (χ4n) is 2.15. The Morgan fingerprint density at radius 3 is 2.36 bits per heavy atom. The van der Waals surface area contributed by atoms with Crippen LogP contribution in [-0.4, -0.2) is 19.5 Å². The van der Waals surface area contributed by atoms with Crippen LogP contribution in [0, 0.1) is 0 Å². The molecular weight excluding hydrogens is 276 g/mol. The maximum Gasteiger partial charge on any atom is 0.153 e. The lowest BCUT2D eigenvalue weighted by atomic mass is 9.99. The van der Waals surface area contributed by atoms with Crippen LogP contribution < -0.4 is 9.47 Å². The van der Waals surface area contributed by atoms with Gasteiger partial charge in [-0.05, 0) is 42.2 Å². The largest absolute Gasteiger partial charge is 0.490 e. The molecule has 0 N–H and O–H groups in total. The molecule has 0 bridgehead atoms. The van der Waals surface area contributed by atoms with Crippen LogP contribution in [0.25, 0.3) is 0 Å². The van der Waals surface area contributed by atoms with Gasteiger partial charge in [-0.2, -0.15) is 0 Å². The molecule has 0 spiro atoms. The third kappa shape index (κ3) is 4.35. The first-order valence-electron chi connectivity index (χ1n) is 7.64. The van der Waals surface area contributed by atoms with Gasteiger partial charge in [0.05, 0.1) is 5.56 Å². The van der Waals surface area contributed by atoms with Gasteiger partial charge in [0.15, 0.2) is 6.29 Å². The molecule has 0 fully saturated rings. The highest BCUT2D eigenvalue weighted by atomic mass is 16.5. The van der Waals surface area contributed by atoms with Gasteiger partial charge in [0, 0.05) is 0 Å². The van der Waals surface area contributed by atoms with Gasteiger partial charge in [-0.1, -0.05) is 38.1 Å². The van der Waals surface area contributed by atoms with E-state index in [2.05, 4.69) is 26.0 Å². The third-order valence-corrected chi connectivity index (χ3v) is 3.72. The van der Waals surface area contributed by atoms with Crippen LogP contribution in [-0.2, 0) is 0 Å². The normalized spacial score (nSPS) is 11.7. The van der Waals surface area contributed by atoms with Crippen molar-refractivity contribution in [2.24, 2.45) is 0 Å². The van der Waals surface area contributed by atoms with Crippen molar-refractivity contribution in [1.82, 2.24) is 0 Å². The van der Waals surface area contributed by atoms with Crippen molar-refractivity contribution in [2.75, 3.05) is 13.2 Å². The lowest BCUT2D eigenvalue weighted by molar-refractivity contribution is 0.111. The summed E-state index contributed by atoms with van der Waals surface area (Å²) in [7, 11) is 0. The summed E-state index contributed by atoms with van der Waals surface area (Å²) >= 11 is 0. The van der Waals surface area contributed by atoms with Crippen molar-refractivity contribution in [3.05, 3.63) is 59.7 Å². The summed E-state index contributed by atoms with van der Waals surface area (Å²) in [6, 6.07) is 15.4. The Balaban J connectivity index is 1.80. The smallest absolute Gasteiger partial charge is 0.153 e. The van der Waals surface area contributed by atoms with Crippen molar-refractivity contribution < 1.29 is 14.3 Å². The highest BCUT2D eigenvalue weighted by molar-refractivity contribution is 5.79. The van der Waals surface area contributed by atoms with E-state index in [4.69, 9.17) is 9.47 Å². The average molecular weight is 298 g/mol. The number of aldehydes is 1. The molecule has 0 aliphatic rings. The maximum atomic E-state index is 10.9. The fraction of sp³-hybridized carbons (Fsp3) is 0.316. The molecule has 2 rings (SSSR count). The van der Waals surface area contributed by atoms with Gasteiger partial charge in [0.25, 0.3) is 0 Å². The highest BCUT2D eigenvalue weighted by Gasteiger charge is 2.04. The molecule has 22 heavy (non-hydrogen) atoms. The van der Waals surface area contributed by atoms with E-state index < -0.39 is 0 Å². The second-order valence-corrected chi connectivity index (χ2v) is 5.23. The predicted molar refractivity (Wildman–Crippen MR) is 88.0 cm³/mol. The summed E-state index contributed by atoms with van der Waals surface area (Å²) in [4.78, 5) is 10.9. The van der Waals surface area contributed by atoms with E-state index in [1.165, 1.54) is 5.56 Å². The third-order valence-electron chi connectivity index (χ3n) is 3.72. The first-order valence-corrected chi connectivity index (χ1v) is 7.64. The Hall–Kier alpha value is -2.29. The van der Waals surface area contributed by atoms with Crippen LogP contribution in [0.3, 0.4) is 0 Å². The van der Waals surface area contributed by atoms with Crippen LogP contribution >= 0.6 is 0 Å². The van der Waals surface area contributed by atoms with E-state index in [9.17, 15) is 4.79 Å². The molecule has 0 saturated heterocycles. The number of carbonyl (C=O) groups is 1. The molecule has 0 radical (unpaired) electrons. The zero-order valence-corrected chi connectivity index (χ0v) is 13.1. The minimum Gasteiger partial charge on any atom is -0.490 e. The molecule has 1 atom stereocenters. The molecular formula is C19H22O3. The summed E-state index contributed by atoms with van der Waals surface area (Å²) in [6.45, 7) is 5.24. The zero-order valence-electron chi connectivity index (χ0n) is 13.1. The number of benzene rings is 2. The molecule has 0 aromatic heterocycles. The molecule has 116 valence electrons. The summed E-state index contributed by atoms with van der Waals surface area (Å²) in [6.07, 6.45) is 1.92. The average Bonchev–Trinajstić information content (AvgIpc) is 2.59. The summed E-state index contributed by atoms with van der Waals surface area (Å²) in [5, 5.41) is 0. The predicted octanol–water partition coefficient (Wildman–Crippen LogP) is 4.47. The van der Waals surface area contributed by atoms with Gasteiger partial charge < -0.3 is 9.47 Å². The van der Waals surface area contributed by atoms with E-state index in [0.717, 1.165) is 18.5 Å².